The fourth-order valence-corrected chi connectivity index (χ4v) is 2.88. The van der Waals surface area contributed by atoms with Crippen molar-refractivity contribution in [2.75, 3.05) is 11.9 Å². The summed E-state index contributed by atoms with van der Waals surface area (Å²) in [5, 5.41) is 2.60. The number of hydrogen-bond acceptors (Lipinski definition) is 3. The van der Waals surface area contributed by atoms with Gasteiger partial charge in [0.1, 0.15) is 5.82 Å². The number of nitrogens with one attached hydrogen (secondary N) is 1. The van der Waals surface area contributed by atoms with Crippen molar-refractivity contribution in [1.29, 1.82) is 0 Å². The third-order valence-corrected chi connectivity index (χ3v) is 4.32. The number of anilines is 1. The van der Waals surface area contributed by atoms with E-state index in [0.717, 1.165) is 31.9 Å². The summed E-state index contributed by atoms with van der Waals surface area (Å²) >= 11 is 3.33. The van der Waals surface area contributed by atoms with Crippen molar-refractivity contribution >= 4 is 33.4 Å². The maximum absolute atomic E-state index is 13.6. The first-order chi connectivity index (χ1) is 10.5. The minimum absolute atomic E-state index is 0.0675. The maximum atomic E-state index is 13.6. The minimum atomic E-state index is -0.844. The van der Waals surface area contributed by atoms with Crippen molar-refractivity contribution < 1.29 is 18.7 Å². The van der Waals surface area contributed by atoms with Gasteiger partial charge >= 0.3 is 0 Å². The van der Waals surface area contributed by atoms with E-state index >= 15 is 0 Å². The topological polar surface area (TPSA) is 81.4 Å². The third-order valence-electron chi connectivity index (χ3n) is 3.53. The van der Waals surface area contributed by atoms with Crippen molar-refractivity contribution in [3.05, 3.63) is 29.6 Å². The van der Waals surface area contributed by atoms with Gasteiger partial charge in [-0.25, -0.2) is 4.39 Å². The van der Waals surface area contributed by atoms with Crippen LogP contribution < -0.4 is 11.1 Å². The van der Waals surface area contributed by atoms with Crippen LogP contribution in [0.2, 0.25) is 0 Å². The van der Waals surface area contributed by atoms with Crippen molar-refractivity contribution in [3.63, 3.8) is 0 Å². The van der Waals surface area contributed by atoms with Crippen molar-refractivity contribution in [2.45, 2.75) is 36.6 Å². The molecule has 1 fully saturated rings. The summed E-state index contributed by atoms with van der Waals surface area (Å²) in [6.07, 6.45) is 3.73. The normalized spacial score (nSPS) is 19.5. The number of alkyl halides is 1. The lowest BCUT2D eigenvalue weighted by Crippen LogP contribution is -2.29. The Bertz CT molecular complexity index is 562. The van der Waals surface area contributed by atoms with E-state index in [-0.39, 0.29) is 23.3 Å². The molecule has 120 valence electrons. The minimum Gasteiger partial charge on any atom is -0.378 e. The fraction of sp³-hybridized carbons (Fsp3) is 0.467. The Morgan fingerprint density at radius 2 is 2.23 bits per heavy atom. The molecule has 22 heavy (non-hydrogen) atoms. The Morgan fingerprint density at radius 1 is 1.45 bits per heavy atom. The predicted octanol–water partition coefficient (Wildman–Crippen LogP) is 2.59. The molecule has 0 aliphatic carbocycles. The van der Waals surface area contributed by atoms with Crippen LogP contribution in [0.25, 0.3) is 0 Å². The molecule has 0 radical (unpaired) electrons. The Hall–Kier alpha value is -1.47. The van der Waals surface area contributed by atoms with E-state index in [2.05, 4.69) is 21.2 Å². The molecular formula is C15H18BrFN2O3. The molecule has 1 aromatic carbocycles. The molecule has 3 N–H and O–H groups in total. The lowest BCUT2D eigenvalue weighted by atomic mass is 10.0. The van der Waals surface area contributed by atoms with Crippen molar-refractivity contribution in [3.8, 4) is 0 Å². The summed E-state index contributed by atoms with van der Waals surface area (Å²) in [5.74, 6) is -1.88. The number of halogens is 2. The van der Waals surface area contributed by atoms with E-state index in [1.54, 1.807) is 0 Å². The van der Waals surface area contributed by atoms with E-state index in [1.807, 2.05) is 0 Å². The standard InChI is InChI=1S/C15H18BrFN2O3/c16-12(8-10-3-1-2-6-22-10)15(21)19-9-4-5-11(14(18)20)13(17)7-9/h4-5,7,10,12H,1-3,6,8H2,(H2,18,20)(H,19,21)/t10-,12-/m1/s1. The lowest BCUT2D eigenvalue weighted by molar-refractivity contribution is -0.116. The molecule has 0 unspecified atom stereocenters. The van der Waals surface area contributed by atoms with Gasteiger partial charge in [-0.05, 0) is 43.9 Å². The van der Waals surface area contributed by atoms with Gasteiger partial charge < -0.3 is 15.8 Å². The van der Waals surface area contributed by atoms with E-state index < -0.39 is 16.6 Å². The number of amides is 2. The molecule has 5 nitrogen and oxygen atoms in total. The van der Waals surface area contributed by atoms with Gasteiger partial charge in [-0.15, -0.1) is 0 Å². The van der Waals surface area contributed by atoms with Gasteiger partial charge in [0, 0.05) is 12.3 Å². The first-order valence-corrected chi connectivity index (χ1v) is 8.05. The SMILES string of the molecule is NC(=O)c1ccc(NC(=O)[C@H](Br)C[C@H]2CCCCO2)cc1F. The number of benzene rings is 1. The summed E-state index contributed by atoms with van der Waals surface area (Å²) in [6, 6.07) is 3.77. The highest BCUT2D eigenvalue weighted by Gasteiger charge is 2.23. The van der Waals surface area contributed by atoms with Crippen LogP contribution in [0.1, 0.15) is 36.0 Å². The second-order valence-electron chi connectivity index (χ2n) is 5.24. The Balaban J connectivity index is 1.93. The molecule has 1 aliphatic heterocycles. The molecule has 1 aliphatic rings. The van der Waals surface area contributed by atoms with Crippen LogP contribution >= 0.6 is 15.9 Å². The summed E-state index contributed by atoms with van der Waals surface area (Å²) in [4.78, 5) is 22.6. The lowest BCUT2D eigenvalue weighted by Gasteiger charge is -2.24. The Kier molecular flexibility index (Phi) is 5.90. The van der Waals surface area contributed by atoms with Gasteiger partial charge in [-0.1, -0.05) is 15.9 Å². The number of primary amides is 1. The van der Waals surface area contributed by atoms with Gasteiger partial charge in [0.15, 0.2) is 0 Å². The molecule has 0 bridgehead atoms. The molecule has 2 rings (SSSR count). The zero-order valence-corrected chi connectivity index (χ0v) is 13.6. The smallest absolute Gasteiger partial charge is 0.251 e. The molecule has 1 heterocycles. The second kappa shape index (κ2) is 7.69. The zero-order valence-electron chi connectivity index (χ0n) is 12.0. The van der Waals surface area contributed by atoms with Crippen LogP contribution in [0.5, 0.6) is 0 Å². The third kappa shape index (κ3) is 4.51. The van der Waals surface area contributed by atoms with Crippen LogP contribution in [-0.2, 0) is 9.53 Å². The van der Waals surface area contributed by atoms with Gasteiger partial charge in [0.25, 0.3) is 5.91 Å². The number of rotatable bonds is 5. The monoisotopic (exact) mass is 372 g/mol. The van der Waals surface area contributed by atoms with E-state index in [0.29, 0.717) is 6.42 Å². The van der Waals surface area contributed by atoms with Crippen molar-refractivity contribution in [1.82, 2.24) is 0 Å². The first-order valence-electron chi connectivity index (χ1n) is 7.13. The molecule has 1 saturated heterocycles. The molecule has 0 aromatic heterocycles. The van der Waals surface area contributed by atoms with Crippen LogP contribution in [0.15, 0.2) is 18.2 Å². The number of carbonyl (C=O) groups excluding carboxylic acids is 2. The molecular weight excluding hydrogens is 355 g/mol. The molecule has 1 aromatic rings. The van der Waals surface area contributed by atoms with Gasteiger partial charge in [-0.2, -0.15) is 0 Å². The Morgan fingerprint density at radius 3 is 2.82 bits per heavy atom. The maximum Gasteiger partial charge on any atom is 0.251 e. The van der Waals surface area contributed by atoms with Crippen LogP contribution in [-0.4, -0.2) is 29.4 Å². The van der Waals surface area contributed by atoms with Crippen molar-refractivity contribution in [2.24, 2.45) is 5.73 Å². The fourth-order valence-electron chi connectivity index (χ4n) is 2.34. The average Bonchev–Trinajstić information content (AvgIpc) is 2.47. The largest absolute Gasteiger partial charge is 0.378 e. The Labute approximate surface area is 136 Å². The highest BCUT2D eigenvalue weighted by Crippen LogP contribution is 2.22. The first kappa shape index (κ1) is 16.9. The van der Waals surface area contributed by atoms with Gasteiger partial charge in [-0.3, -0.25) is 9.59 Å². The van der Waals surface area contributed by atoms with Crippen LogP contribution in [0.4, 0.5) is 10.1 Å². The number of hydrogen-bond donors (Lipinski definition) is 2. The van der Waals surface area contributed by atoms with E-state index in [9.17, 15) is 14.0 Å². The quantitative estimate of drug-likeness (QED) is 0.779. The predicted molar refractivity (Wildman–Crippen MR) is 84.5 cm³/mol. The van der Waals surface area contributed by atoms with Crippen LogP contribution in [0, 0.1) is 5.82 Å². The number of carbonyl (C=O) groups is 2. The van der Waals surface area contributed by atoms with Crippen LogP contribution in [0.3, 0.4) is 0 Å². The highest BCUT2D eigenvalue weighted by atomic mass is 79.9. The molecule has 0 saturated carbocycles. The summed E-state index contributed by atoms with van der Waals surface area (Å²) in [7, 11) is 0. The average molecular weight is 373 g/mol. The molecule has 2 amide bonds. The highest BCUT2D eigenvalue weighted by molar-refractivity contribution is 9.10. The molecule has 2 atom stereocenters. The molecule has 0 spiro atoms. The van der Waals surface area contributed by atoms with Gasteiger partial charge in [0.05, 0.1) is 16.5 Å². The number of nitrogens with two attached hydrogens (primary N) is 1. The van der Waals surface area contributed by atoms with Gasteiger partial charge in [0.2, 0.25) is 5.91 Å². The summed E-state index contributed by atoms with van der Waals surface area (Å²) in [6.45, 7) is 0.728. The van der Waals surface area contributed by atoms with E-state index in [4.69, 9.17) is 10.5 Å². The second-order valence-corrected chi connectivity index (χ2v) is 6.35. The number of ether oxygens (including phenoxy) is 1. The molecule has 7 heteroatoms. The summed E-state index contributed by atoms with van der Waals surface area (Å²) in [5.41, 5.74) is 5.11. The summed E-state index contributed by atoms with van der Waals surface area (Å²) < 4.78 is 19.2. The zero-order chi connectivity index (χ0) is 16.1. The van der Waals surface area contributed by atoms with E-state index in [1.165, 1.54) is 12.1 Å².